The van der Waals surface area contributed by atoms with Crippen LogP contribution in [-0.4, -0.2) is 6.04 Å². The second kappa shape index (κ2) is 4.60. The molecule has 0 spiro atoms. The molecular weight excluding hydrogens is 258 g/mol. The van der Waals surface area contributed by atoms with Crippen molar-refractivity contribution in [3.05, 3.63) is 26.4 Å². The average Bonchev–Trinajstić information content (AvgIpc) is 2.52. The first-order chi connectivity index (χ1) is 6.75. The normalized spacial score (nSPS) is 25.6. The van der Waals surface area contributed by atoms with Gasteiger partial charge in [0.05, 0.1) is 0 Å². The summed E-state index contributed by atoms with van der Waals surface area (Å²) in [5.41, 5.74) is 7.45. The molecule has 0 amide bonds. The van der Waals surface area contributed by atoms with Crippen LogP contribution in [0.3, 0.4) is 0 Å². The van der Waals surface area contributed by atoms with Crippen LogP contribution >= 0.6 is 27.3 Å². The molecule has 0 saturated heterocycles. The highest BCUT2D eigenvalue weighted by atomic mass is 79.9. The van der Waals surface area contributed by atoms with Gasteiger partial charge in [0.1, 0.15) is 0 Å². The van der Waals surface area contributed by atoms with Crippen molar-refractivity contribution < 1.29 is 0 Å². The van der Waals surface area contributed by atoms with Crippen molar-refractivity contribution in [3.63, 3.8) is 0 Å². The molecule has 0 radical (unpaired) electrons. The van der Waals surface area contributed by atoms with Crippen LogP contribution < -0.4 is 5.73 Å². The van der Waals surface area contributed by atoms with Crippen molar-refractivity contribution in [2.45, 2.75) is 31.7 Å². The van der Waals surface area contributed by atoms with Crippen molar-refractivity contribution in [2.24, 2.45) is 5.73 Å². The van der Waals surface area contributed by atoms with Gasteiger partial charge in [0.25, 0.3) is 0 Å². The van der Waals surface area contributed by atoms with Crippen LogP contribution in [0.2, 0.25) is 0 Å². The van der Waals surface area contributed by atoms with E-state index in [-0.39, 0.29) is 0 Å². The highest BCUT2D eigenvalue weighted by Crippen LogP contribution is 2.29. The largest absolute Gasteiger partial charge is 0.327 e. The van der Waals surface area contributed by atoms with Crippen molar-refractivity contribution in [3.8, 4) is 0 Å². The molecule has 1 heterocycles. The quantitative estimate of drug-likeness (QED) is 0.826. The smallest absolute Gasteiger partial charge is 0.0412 e. The molecule has 76 valence electrons. The van der Waals surface area contributed by atoms with Crippen LogP contribution in [0.4, 0.5) is 0 Å². The Kier molecular flexibility index (Phi) is 3.42. The zero-order valence-electron chi connectivity index (χ0n) is 8.00. The molecule has 1 aliphatic rings. The van der Waals surface area contributed by atoms with E-state index in [1.807, 2.05) is 0 Å². The first kappa shape index (κ1) is 10.4. The van der Waals surface area contributed by atoms with Gasteiger partial charge in [-0.1, -0.05) is 5.57 Å². The summed E-state index contributed by atoms with van der Waals surface area (Å²) in [6.45, 7) is 0. The first-order valence-electron chi connectivity index (χ1n) is 4.94. The fourth-order valence-electron chi connectivity index (χ4n) is 1.86. The Morgan fingerprint density at radius 3 is 3.07 bits per heavy atom. The van der Waals surface area contributed by atoms with E-state index < -0.39 is 0 Å². The number of thiophene rings is 1. The van der Waals surface area contributed by atoms with E-state index in [1.165, 1.54) is 34.2 Å². The Morgan fingerprint density at radius 1 is 1.57 bits per heavy atom. The molecule has 0 aromatic carbocycles. The second-order valence-electron chi connectivity index (χ2n) is 3.79. The van der Waals surface area contributed by atoms with Gasteiger partial charge >= 0.3 is 0 Å². The monoisotopic (exact) mass is 271 g/mol. The van der Waals surface area contributed by atoms with Crippen LogP contribution in [-0.2, 0) is 0 Å². The summed E-state index contributed by atoms with van der Waals surface area (Å²) >= 11 is 5.32. The van der Waals surface area contributed by atoms with Gasteiger partial charge in [0.15, 0.2) is 0 Å². The zero-order chi connectivity index (χ0) is 9.97. The summed E-state index contributed by atoms with van der Waals surface area (Å²) < 4.78 is 1.20. The second-order valence-corrected chi connectivity index (χ2v) is 5.59. The highest BCUT2D eigenvalue weighted by Gasteiger charge is 2.13. The van der Waals surface area contributed by atoms with Crippen LogP contribution in [0, 0.1) is 0 Å². The zero-order valence-corrected chi connectivity index (χ0v) is 10.4. The lowest BCUT2D eigenvalue weighted by atomic mass is 9.91. The van der Waals surface area contributed by atoms with Crippen molar-refractivity contribution in [2.75, 3.05) is 0 Å². The lowest BCUT2D eigenvalue weighted by molar-refractivity contribution is 0.520. The molecule has 1 atom stereocenters. The maximum atomic E-state index is 5.94. The maximum Gasteiger partial charge on any atom is 0.0412 e. The van der Waals surface area contributed by atoms with E-state index in [9.17, 15) is 0 Å². The fraction of sp³-hybridized carbons (Fsp3) is 0.455. The molecule has 1 aromatic rings. The standard InChI is InChI=1S/C11H14BrNS/c12-10-4-5-14-11(10)7-8-2-1-3-9(13)6-8/h4-5,7,9H,1-3,6,13H2/b8-7-. The Hall–Kier alpha value is -0.120. The third-order valence-corrected chi connectivity index (χ3v) is 4.39. The van der Waals surface area contributed by atoms with E-state index in [2.05, 4.69) is 33.5 Å². The minimum absolute atomic E-state index is 0.383. The number of hydrogen-bond acceptors (Lipinski definition) is 2. The Balaban J connectivity index is 2.14. The molecule has 0 aliphatic heterocycles. The van der Waals surface area contributed by atoms with E-state index in [0.29, 0.717) is 6.04 Å². The van der Waals surface area contributed by atoms with Gasteiger partial charge in [0.2, 0.25) is 0 Å². The van der Waals surface area contributed by atoms with Crippen molar-refractivity contribution >= 4 is 33.3 Å². The van der Waals surface area contributed by atoms with Gasteiger partial charge in [-0.05, 0) is 59.1 Å². The molecule has 2 rings (SSSR count). The average molecular weight is 272 g/mol. The SMILES string of the molecule is NC1CCC/C(=C/c2sccc2Br)C1. The number of halogens is 1. The Labute approximate surface area is 97.1 Å². The molecule has 1 aliphatic carbocycles. The number of hydrogen-bond donors (Lipinski definition) is 1. The lowest BCUT2D eigenvalue weighted by Gasteiger charge is -2.20. The predicted octanol–water partition coefficient (Wildman–Crippen LogP) is 3.80. The van der Waals surface area contributed by atoms with Gasteiger partial charge in [-0.2, -0.15) is 0 Å². The van der Waals surface area contributed by atoms with E-state index in [4.69, 9.17) is 5.73 Å². The molecule has 1 nitrogen and oxygen atoms in total. The minimum atomic E-state index is 0.383. The molecular formula is C11H14BrNS. The minimum Gasteiger partial charge on any atom is -0.327 e. The lowest BCUT2D eigenvalue weighted by Crippen LogP contribution is -2.23. The van der Waals surface area contributed by atoms with E-state index in [0.717, 1.165) is 6.42 Å². The summed E-state index contributed by atoms with van der Waals surface area (Å²) in [6, 6.07) is 2.48. The van der Waals surface area contributed by atoms with Crippen molar-refractivity contribution in [1.29, 1.82) is 0 Å². The van der Waals surface area contributed by atoms with Gasteiger partial charge < -0.3 is 5.73 Å². The molecule has 1 aromatic heterocycles. The van der Waals surface area contributed by atoms with E-state index in [1.54, 1.807) is 11.3 Å². The topological polar surface area (TPSA) is 26.0 Å². The molecule has 2 N–H and O–H groups in total. The summed E-state index contributed by atoms with van der Waals surface area (Å²) in [5.74, 6) is 0. The molecule has 1 unspecified atom stereocenters. The third kappa shape index (κ3) is 2.47. The van der Waals surface area contributed by atoms with Crippen LogP contribution in [0.15, 0.2) is 21.5 Å². The summed E-state index contributed by atoms with van der Waals surface area (Å²) in [5, 5.41) is 2.11. The Morgan fingerprint density at radius 2 is 2.43 bits per heavy atom. The fourth-order valence-corrected chi connectivity index (χ4v) is 3.33. The van der Waals surface area contributed by atoms with Crippen LogP contribution in [0.5, 0.6) is 0 Å². The van der Waals surface area contributed by atoms with E-state index >= 15 is 0 Å². The molecule has 1 saturated carbocycles. The van der Waals surface area contributed by atoms with Gasteiger partial charge in [-0.25, -0.2) is 0 Å². The molecule has 3 heteroatoms. The molecule has 0 bridgehead atoms. The number of nitrogens with two attached hydrogens (primary N) is 1. The van der Waals surface area contributed by atoms with Gasteiger partial charge in [0, 0.05) is 15.4 Å². The number of rotatable bonds is 1. The highest BCUT2D eigenvalue weighted by molar-refractivity contribution is 9.10. The third-order valence-electron chi connectivity index (χ3n) is 2.58. The Bertz CT molecular complexity index is 343. The molecule has 14 heavy (non-hydrogen) atoms. The van der Waals surface area contributed by atoms with Gasteiger partial charge in [-0.3, -0.25) is 0 Å². The summed E-state index contributed by atoms with van der Waals surface area (Å²) in [4.78, 5) is 1.33. The van der Waals surface area contributed by atoms with Crippen LogP contribution in [0.25, 0.3) is 6.08 Å². The predicted molar refractivity (Wildman–Crippen MR) is 66.4 cm³/mol. The van der Waals surface area contributed by atoms with Crippen molar-refractivity contribution in [1.82, 2.24) is 0 Å². The van der Waals surface area contributed by atoms with Crippen LogP contribution in [0.1, 0.15) is 30.6 Å². The molecule has 1 fully saturated rings. The summed E-state index contributed by atoms with van der Waals surface area (Å²) in [7, 11) is 0. The first-order valence-corrected chi connectivity index (χ1v) is 6.61. The van der Waals surface area contributed by atoms with Gasteiger partial charge in [-0.15, -0.1) is 11.3 Å². The maximum absolute atomic E-state index is 5.94. The summed E-state index contributed by atoms with van der Waals surface area (Å²) in [6.07, 6.45) is 7.02.